The third kappa shape index (κ3) is 4.03. The highest BCUT2D eigenvalue weighted by Crippen LogP contribution is 2.44. The molecule has 0 atom stereocenters. The number of amides is 2. The lowest BCUT2D eigenvalue weighted by atomic mass is 9.69. The number of hydrogen-bond acceptors (Lipinski definition) is 4. The standard InChI is InChI=1S/C21H28N2O5S/c1-3-13-23-19(24)16-9-11-21(23,12-10-16)15-22(20(25)26)17-5-7-18(8-6-17)29(27,28)14-4-2/h3,5-8,16H,1,4,9-15H2,2H3,(H,25,26). The van der Waals surface area contributed by atoms with Crippen LogP contribution in [0, 0.1) is 5.92 Å². The Labute approximate surface area is 171 Å². The Morgan fingerprint density at radius 2 is 1.93 bits per heavy atom. The van der Waals surface area contributed by atoms with Crippen LogP contribution in [0.5, 0.6) is 0 Å². The molecule has 1 aromatic carbocycles. The lowest BCUT2D eigenvalue weighted by molar-refractivity contribution is -0.154. The fourth-order valence-corrected chi connectivity index (χ4v) is 5.89. The van der Waals surface area contributed by atoms with E-state index in [-0.39, 0.29) is 29.0 Å². The van der Waals surface area contributed by atoms with Gasteiger partial charge < -0.3 is 10.0 Å². The van der Waals surface area contributed by atoms with E-state index in [0.717, 1.165) is 25.7 Å². The maximum atomic E-state index is 12.7. The Bertz CT molecular complexity index is 886. The molecule has 2 saturated heterocycles. The summed E-state index contributed by atoms with van der Waals surface area (Å²) in [5.41, 5.74) is -0.147. The number of benzene rings is 1. The lowest BCUT2D eigenvalue weighted by Crippen LogP contribution is -2.65. The van der Waals surface area contributed by atoms with Gasteiger partial charge in [0.1, 0.15) is 0 Å². The molecule has 3 fully saturated rings. The second-order valence-corrected chi connectivity index (χ2v) is 10.0. The van der Waals surface area contributed by atoms with Gasteiger partial charge in [0, 0.05) is 18.2 Å². The highest BCUT2D eigenvalue weighted by atomic mass is 32.2. The van der Waals surface area contributed by atoms with Crippen molar-refractivity contribution in [2.75, 3.05) is 23.7 Å². The van der Waals surface area contributed by atoms with E-state index >= 15 is 0 Å². The van der Waals surface area contributed by atoms with Crippen LogP contribution in [0.1, 0.15) is 39.0 Å². The normalized spacial score (nSPS) is 23.8. The van der Waals surface area contributed by atoms with Crippen LogP contribution in [0.25, 0.3) is 0 Å². The molecule has 0 unspecified atom stereocenters. The van der Waals surface area contributed by atoms with Crippen molar-refractivity contribution >= 4 is 27.5 Å². The number of carbonyl (C=O) groups is 2. The van der Waals surface area contributed by atoms with Crippen LogP contribution in [-0.2, 0) is 14.6 Å². The summed E-state index contributed by atoms with van der Waals surface area (Å²) in [6.45, 7) is 6.10. The minimum Gasteiger partial charge on any atom is -0.465 e. The predicted octanol–water partition coefficient (Wildman–Crippen LogP) is 3.31. The van der Waals surface area contributed by atoms with Gasteiger partial charge in [-0.3, -0.25) is 9.69 Å². The van der Waals surface area contributed by atoms with E-state index in [0.29, 0.717) is 18.7 Å². The molecule has 0 aromatic heterocycles. The van der Waals surface area contributed by atoms with Gasteiger partial charge in [-0.05, 0) is 56.4 Å². The summed E-state index contributed by atoms with van der Waals surface area (Å²) in [7, 11) is -3.36. The van der Waals surface area contributed by atoms with Gasteiger partial charge in [-0.2, -0.15) is 0 Å². The molecule has 2 amide bonds. The van der Waals surface area contributed by atoms with E-state index in [4.69, 9.17) is 0 Å². The summed E-state index contributed by atoms with van der Waals surface area (Å²) in [5, 5.41) is 9.86. The summed E-state index contributed by atoms with van der Waals surface area (Å²) >= 11 is 0. The van der Waals surface area contributed by atoms with Gasteiger partial charge in [0.15, 0.2) is 9.84 Å². The molecule has 1 N–H and O–H groups in total. The first-order valence-electron chi connectivity index (χ1n) is 10.00. The average Bonchev–Trinajstić information content (AvgIpc) is 2.69. The highest BCUT2D eigenvalue weighted by Gasteiger charge is 2.51. The molecule has 4 rings (SSSR count). The van der Waals surface area contributed by atoms with Crippen molar-refractivity contribution in [1.82, 2.24) is 4.90 Å². The molecule has 2 heterocycles. The Hall–Kier alpha value is -2.35. The van der Waals surface area contributed by atoms with Crippen molar-refractivity contribution in [2.45, 2.75) is 49.5 Å². The van der Waals surface area contributed by atoms with E-state index in [2.05, 4.69) is 6.58 Å². The smallest absolute Gasteiger partial charge is 0.411 e. The van der Waals surface area contributed by atoms with Crippen LogP contribution in [0.3, 0.4) is 0 Å². The molecule has 7 nitrogen and oxygen atoms in total. The van der Waals surface area contributed by atoms with Crippen molar-refractivity contribution in [2.24, 2.45) is 5.92 Å². The molecule has 3 aliphatic rings. The van der Waals surface area contributed by atoms with Gasteiger partial charge in [-0.15, -0.1) is 6.58 Å². The van der Waals surface area contributed by atoms with E-state index in [9.17, 15) is 23.1 Å². The van der Waals surface area contributed by atoms with E-state index in [1.165, 1.54) is 29.2 Å². The molecule has 2 aliphatic heterocycles. The van der Waals surface area contributed by atoms with E-state index < -0.39 is 21.5 Å². The topological polar surface area (TPSA) is 95.0 Å². The highest BCUT2D eigenvalue weighted by molar-refractivity contribution is 7.91. The van der Waals surface area contributed by atoms with Crippen LogP contribution < -0.4 is 4.90 Å². The number of fused-ring (bicyclic) bond motifs is 3. The zero-order valence-corrected chi connectivity index (χ0v) is 17.5. The van der Waals surface area contributed by atoms with Crippen molar-refractivity contribution in [1.29, 1.82) is 0 Å². The zero-order valence-electron chi connectivity index (χ0n) is 16.7. The largest absolute Gasteiger partial charge is 0.465 e. The Morgan fingerprint density at radius 1 is 1.31 bits per heavy atom. The number of carbonyl (C=O) groups excluding carboxylic acids is 1. The number of sulfone groups is 1. The molecule has 0 radical (unpaired) electrons. The fourth-order valence-electron chi connectivity index (χ4n) is 4.57. The fraction of sp³-hybridized carbons (Fsp3) is 0.524. The second-order valence-electron chi connectivity index (χ2n) is 7.92. The summed E-state index contributed by atoms with van der Waals surface area (Å²) in [6, 6.07) is 5.97. The molecular weight excluding hydrogens is 392 g/mol. The molecule has 1 aliphatic carbocycles. The van der Waals surface area contributed by atoms with Crippen LogP contribution >= 0.6 is 0 Å². The lowest BCUT2D eigenvalue weighted by Gasteiger charge is -2.55. The number of piperidine rings is 2. The number of anilines is 1. The number of carboxylic acid groups (broad SMARTS) is 1. The molecule has 0 spiro atoms. The maximum absolute atomic E-state index is 12.7. The molecule has 1 aromatic rings. The van der Waals surface area contributed by atoms with Crippen LogP contribution in [0.4, 0.5) is 10.5 Å². The first-order valence-corrected chi connectivity index (χ1v) is 11.6. The van der Waals surface area contributed by atoms with Crippen molar-refractivity contribution < 1.29 is 23.1 Å². The monoisotopic (exact) mass is 420 g/mol. The molecule has 1 saturated carbocycles. The molecule has 158 valence electrons. The second kappa shape index (κ2) is 8.18. The van der Waals surface area contributed by atoms with Gasteiger partial charge in [0.05, 0.1) is 22.7 Å². The Balaban J connectivity index is 1.89. The molecule has 8 heteroatoms. The minimum absolute atomic E-state index is 0.0261. The Kier molecular flexibility index (Phi) is 6.03. The third-order valence-electron chi connectivity index (χ3n) is 6.08. The van der Waals surface area contributed by atoms with Gasteiger partial charge >= 0.3 is 6.09 Å². The summed E-state index contributed by atoms with van der Waals surface area (Å²) in [4.78, 5) is 28.0. The van der Waals surface area contributed by atoms with Gasteiger partial charge in [-0.25, -0.2) is 13.2 Å². The quantitative estimate of drug-likeness (QED) is 0.651. The summed E-state index contributed by atoms with van der Waals surface area (Å²) in [5.74, 6) is 0.157. The first-order chi connectivity index (χ1) is 13.7. The average molecular weight is 421 g/mol. The van der Waals surface area contributed by atoms with Gasteiger partial charge in [-0.1, -0.05) is 13.0 Å². The first kappa shape index (κ1) is 21.4. The van der Waals surface area contributed by atoms with E-state index in [1.54, 1.807) is 17.9 Å². The van der Waals surface area contributed by atoms with Crippen molar-refractivity contribution in [3.63, 3.8) is 0 Å². The van der Waals surface area contributed by atoms with Gasteiger partial charge in [0.2, 0.25) is 5.91 Å². The minimum atomic E-state index is -3.36. The SMILES string of the molecule is C=CCN1C(=O)C2CCC1(CN(C(=O)O)c1ccc(S(=O)(=O)CCC)cc1)CC2. The Morgan fingerprint density at radius 3 is 2.45 bits per heavy atom. The number of rotatable bonds is 8. The van der Waals surface area contributed by atoms with Gasteiger partial charge in [0.25, 0.3) is 0 Å². The van der Waals surface area contributed by atoms with Crippen molar-refractivity contribution in [3.8, 4) is 0 Å². The summed E-state index contributed by atoms with van der Waals surface area (Å²) < 4.78 is 24.5. The van der Waals surface area contributed by atoms with Crippen LogP contribution in [0.15, 0.2) is 41.8 Å². The van der Waals surface area contributed by atoms with E-state index in [1.807, 2.05) is 0 Å². The van der Waals surface area contributed by atoms with Crippen LogP contribution in [-0.4, -0.2) is 54.8 Å². The summed E-state index contributed by atoms with van der Waals surface area (Å²) in [6.07, 6.45) is 4.12. The molecule has 29 heavy (non-hydrogen) atoms. The van der Waals surface area contributed by atoms with Crippen LogP contribution in [0.2, 0.25) is 0 Å². The number of nitrogens with zero attached hydrogens (tertiary/aromatic N) is 2. The molecule has 2 bridgehead atoms. The maximum Gasteiger partial charge on any atom is 0.411 e. The zero-order chi connectivity index (χ0) is 21.2. The van der Waals surface area contributed by atoms with Crippen molar-refractivity contribution in [3.05, 3.63) is 36.9 Å². The predicted molar refractivity (Wildman–Crippen MR) is 111 cm³/mol. The molecular formula is C21H28N2O5S. The number of hydrogen-bond donors (Lipinski definition) is 1. The third-order valence-corrected chi connectivity index (χ3v) is 8.02.